The van der Waals surface area contributed by atoms with E-state index < -0.39 is 6.17 Å². The van der Waals surface area contributed by atoms with Crippen molar-refractivity contribution in [3.05, 3.63) is 29.8 Å². The van der Waals surface area contributed by atoms with Crippen LogP contribution in [0.5, 0.6) is 5.75 Å². The van der Waals surface area contributed by atoms with Crippen molar-refractivity contribution in [2.24, 2.45) is 5.73 Å². The van der Waals surface area contributed by atoms with Crippen molar-refractivity contribution in [1.82, 2.24) is 4.90 Å². The van der Waals surface area contributed by atoms with Crippen LogP contribution in [0, 0.1) is 0 Å². The lowest BCUT2D eigenvalue weighted by atomic mass is 10.1. The Labute approximate surface area is 154 Å². The number of hydrogen-bond acceptors (Lipinski definition) is 4. The first kappa shape index (κ1) is 21.4. The van der Waals surface area contributed by atoms with Gasteiger partial charge in [-0.1, -0.05) is 12.1 Å². The van der Waals surface area contributed by atoms with Gasteiger partial charge in [0.1, 0.15) is 17.7 Å². The standard InChI is InChI=1S/C18H25FN2O3.ClH/c1-13(22)2-3-14-4-6-17(7-5-14)24-9-8-18(23)21-12-15(19)10-16(21)11-20;/h4-7,15-16H,2-3,8-12,20H2,1H3;1H/t15-,16-;/m0./s1. The summed E-state index contributed by atoms with van der Waals surface area (Å²) < 4.78 is 19.0. The second kappa shape index (κ2) is 10.4. The number of likely N-dealkylation sites (tertiary alicyclic amines) is 1. The van der Waals surface area contributed by atoms with E-state index in [-0.39, 0.29) is 56.3 Å². The number of hydrogen-bond donors (Lipinski definition) is 1. The van der Waals surface area contributed by atoms with E-state index in [2.05, 4.69) is 0 Å². The van der Waals surface area contributed by atoms with Gasteiger partial charge in [-0.15, -0.1) is 12.4 Å². The number of Topliss-reactive ketones (excluding diaryl/α,β-unsaturated/α-hetero) is 1. The van der Waals surface area contributed by atoms with Crippen molar-refractivity contribution in [2.75, 3.05) is 19.7 Å². The average Bonchev–Trinajstić information content (AvgIpc) is 2.95. The molecule has 1 fully saturated rings. The summed E-state index contributed by atoms with van der Waals surface area (Å²) in [5.74, 6) is 0.722. The molecule has 2 rings (SSSR count). The summed E-state index contributed by atoms with van der Waals surface area (Å²) in [6.45, 7) is 2.24. The Hall–Kier alpha value is -1.66. The SMILES string of the molecule is CC(=O)CCc1ccc(OCCC(=O)N2C[C@@H](F)C[C@H]2CN)cc1.Cl. The maximum atomic E-state index is 13.4. The summed E-state index contributed by atoms with van der Waals surface area (Å²) in [4.78, 5) is 24.6. The normalized spacial score (nSPS) is 19.4. The largest absolute Gasteiger partial charge is 0.493 e. The Morgan fingerprint density at radius 1 is 1.28 bits per heavy atom. The van der Waals surface area contributed by atoms with Crippen molar-refractivity contribution < 1.29 is 18.7 Å². The molecule has 1 saturated heterocycles. The number of nitrogens with zero attached hydrogens (tertiary/aromatic N) is 1. The van der Waals surface area contributed by atoms with Gasteiger partial charge in [-0.2, -0.15) is 0 Å². The number of benzene rings is 1. The van der Waals surface area contributed by atoms with E-state index in [1.165, 1.54) is 4.90 Å². The van der Waals surface area contributed by atoms with E-state index in [0.29, 0.717) is 25.0 Å². The smallest absolute Gasteiger partial charge is 0.226 e. The van der Waals surface area contributed by atoms with Crippen LogP contribution in [-0.2, 0) is 16.0 Å². The van der Waals surface area contributed by atoms with Crippen molar-refractivity contribution in [3.8, 4) is 5.75 Å². The van der Waals surface area contributed by atoms with Crippen LogP contribution in [0.15, 0.2) is 24.3 Å². The van der Waals surface area contributed by atoms with Crippen LogP contribution >= 0.6 is 12.4 Å². The lowest BCUT2D eigenvalue weighted by molar-refractivity contribution is -0.132. The number of amides is 1. The number of halogens is 2. The summed E-state index contributed by atoms with van der Waals surface area (Å²) >= 11 is 0. The van der Waals surface area contributed by atoms with E-state index in [1.807, 2.05) is 24.3 Å². The third-order valence-corrected chi connectivity index (χ3v) is 4.23. The first-order chi connectivity index (χ1) is 11.5. The van der Waals surface area contributed by atoms with Gasteiger partial charge in [0.25, 0.3) is 0 Å². The number of carbonyl (C=O) groups excluding carboxylic acids is 2. The molecule has 1 aliphatic heterocycles. The molecule has 1 aliphatic rings. The van der Waals surface area contributed by atoms with Gasteiger partial charge < -0.3 is 20.2 Å². The van der Waals surface area contributed by atoms with Gasteiger partial charge >= 0.3 is 0 Å². The van der Waals surface area contributed by atoms with Crippen LogP contribution in [0.3, 0.4) is 0 Å². The lowest BCUT2D eigenvalue weighted by Gasteiger charge is -2.23. The summed E-state index contributed by atoms with van der Waals surface area (Å²) in [6, 6.07) is 7.29. The molecule has 5 nitrogen and oxygen atoms in total. The number of aryl methyl sites for hydroxylation is 1. The second-order valence-electron chi connectivity index (χ2n) is 6.21. The van der Waals surface area contributed by atoms with E-state index in [4.69, 9.17) is 10.5 Å². The zero-order chi connectivity index (χ0) is 17.5. The van der Waals surface area contributed by atoms with E-state index in [0.717, 1.165) is 5.56 Å². The molecule has 2 N–H and O–H groups in total. The number of alkyl halides is 1. The first-order valence-electron chi connectivity index (χ1n) is 8.34. The van der Waals surface area contributed by atoms with E-state index >= 15 is 0 Å². The molecule has 0 saturated carbocycles. The minimum absolute atomic E-state index is 0. The molecule has 0 aliphatic carbocycles. The quantitative estimate of drug-likeness (QED) is 0.760. The highest BCUT2D eigenvalue weighted by Gasteiger charge is 2.33. The fourth-order valence-electron chi connectivity index (χ4n) is 2.86. The molecule has 1 amide bonds. The highest BCUT2D eigenvalue weighted by atomic mass is 35.5. The van der Waals surface area contributed by atoms with Crippen LogP contribution in [0.4, 0.5) is 4.39 Å². The highest BCUT2D eigenvalue weighted by Crippen LogP contribution is 2.20. The Morgan fingerprint density at radius 2 is 1.96 bits per heavy atom. The summed E-state index contributed by atoms with van der Waals surface area (Å²) in [7, 11) is 0. The van der Waals surface area contributed by atoms with Gasteiger partial charge in [-0.3, -0.25) is 4.79 Å². The Bertz CT molecular complexity index is 568. The molecule has 0 aromatic heterocycles. The molecule has 0 radical (unpaired) electrons. The number of carbonyl (C=O) groups is 2. The second-order valence-corrected chi connectivity index (χ2v) is 6.21. The molecule has 1 aromatic rings. The molecule has 1 aromatic carbocycles. The zero-order valence-electron chi connectivity index (χ0n) is 14.4. The predicted molar refractivity (Wildman–Crippen MR) is 96.9 cm³/mol. The van der Waals surface area contributed by atoms with Gasteiger partial charge in [0.2, 0.25) is 5.91 Å². The molecule has 0 bridgehead atoms. The fourth-order valence-corrected chi connectivity index (χ4v) is 2.86. The summed E-state index contributed by atoms with van der Waals surface area (Å²) in [5.41, 5.74) is 6.66. The molecule has 140 valence electrons. The number of ketones is 1. The van der Waals surface area contributed by atoms with Crippen LogP contribution < -0.4 is 10.5 Å². The molecule has 7 heteroatoms. The number of nitrogens with two attached hydrogens (primary N) is 1. The number of ether oxygens (including phenoxy) is 1. The zero-order valence-corrected chi connectivity index (χ0v) is 15.3. The topological polar surface area (TPSA) is 72.6 Å². The summed E-state index contributed by atoms with van der Waals surface area (Å²) in [5, 5.41) is 0. The molecule has 0 unspecified atom stereocenters. The maximum Gasteiger partial charge on any atom is 0.226 e. The molecule has 25 heavy (non-hydrogen) atoms. The van der Waals surface area contributed by atoms with Gasteiger partial charge in [0, 0.05) is 25.4 Å². The molecule has 1 heterocycles. The van der Waals surface area contributed by atoms with Gasteiger partial charge in [0.05, 0.1) is 19.6 Å². The third kappa shape index (κ3) is 6.63. The van der Waals surface area contributed by atoms with Gasteiger partial charge in [-0.05, 0) is 31.0 Å². The lowest BCUT2D eigenvalue weighted by Crippen LogP contribution is -2.40. The molecular weight excluding hydrogens is 347 g/mol. The molecular formula is C18H26ClFN2O3. The van der Waals surface area contributed by atoms with Crippen molar-refractivity contribution in [2.45, 2.75) is 44.8 Å². The minimum atomic E-state index is -0.981. The van der Waals surface area contributed by atoms with Gasteiger partial charge in [-0.25, -0.2) is 4.39 Å². The highest BCUT2D eigenvalue weighted by molar-refractivity contribution is 5.85. The Morgan fingerprint density at radius 3 is 2.56 bits per heavy atom. The fraction of sp³-hybridized carbons (Fsp3) is 0.556. The monoisotopic (exact) mass is 372 g/mol. The van der Waals surface area contributed by atoms with Crippen molar-refractivity contribution >= 4 is 24.1 Å². The Balaban J connectivity index is 0.00000312. The molecule has 0 spiro atoms. The van der Waals surface area contributed by atoms with Gasteiger partial charge in [0.15, 0.2) is 0 Å². The summed E-state index contributed by atoms with van der Waals surface area (Å²) in [6.07, 6.45) is 0.794. The molecule has 2 atom stereocenters. The van der Waals surface area contributed by atoms with Crippen molar-refractivity contribution in [1.29, 1.82) is 0 Å². The minimum Gasteiger partial charge on any atom is -0.493 e. The van der Waals surface area contributed by atoms with Crippen molar-refractivity contribution in [3.63, 3.8) is 0 Å². The van der Waals surface area contributed by atoms with E-state index in [9.17, 15) is 14.0 Å². The third-order valence-electron chi connectivity index (χ3n) is 4.23. The van der Waals surface area contributed by atoms with Crippen LogP contribution in [0.25, 0.3) is 0 Å². The number of rotatable bonds is 8. The first-order valence-corrected chi connectivity index (χ1v) is 8.34. The predicted octanol–water partition coefficient (Wildman–Crippen LogP) is 2.30. The van der Waals surface area contributed by atoms with E-state index in [1.54, 1.807) is 6.92 Å². The van der Waals surface area contributed by atoms with Crippen LogP contribution in [-0.4, -0.2) is 48.5 Å². The average molecular weight is 373 g/mol. The van der Waals surface area contributed by atoms with Crippen LogP contribution in [0.1, 0.15) is 31.7 Å². The maximum absolute atomic E-state index is 13.4. The Kier molecular flexibility index (Phi) is 8.86. The van der Waals surface area contributed by atoms with Crippen LogP contribution in [0.2, 0.25) is 0 Å².